The minimum atomic E-state index is -3.76. The Kier molecular flexibility index (Phi) is 6.81. The fourth-order valence-corrected chi connectivity index (χ4v) is 4.13. The molecule has 2 aliphatic rings. The largest absolute Gasteiger partial charge is 0.586 e. The number of hydrogen-bond donors (Lipinski definition) is 2. The van der Waals surface area contributed by atoms with Crippen LogP contribution in [0.3, 0.4) is 0 Å². The molecule has 194 valence electrons. The van der Waals surface area contributed by atoms with Gasteiger partial charge in [-0.2, -0.15) is 4.98 Å². The summed E-state index contributed by atoms with van der Waals surface area (Å²) in [6.45, 7) is 4.47. The van der Waals surface area contributed by atoms with E-state index < -0.39 is 12.2 Å². The van der Waals surface area contributed by atoms with Crippen LogP contribution in [0.25, 0.3) is 11.1 Å². The number of carbonyl (C=O) groups is 1. The van der Waals surface area contributed by atoms with Gasteiger partial charge >= 0.3 is 6.29 Å². The molecule has 2 N–H and O–H groups in total. The van der Waals surface area contributed by atoms with Crippen molar-refractivity contribution in [3.8, 4) is 28.5 Å². The van der Waals surface area contributed by atoms with Gasteiger partial charge in [0.15, 0.2) is 11.5 Å². The van der Waals surface area contributed by atoms with E-state index in [0.717, 1.165) is 22.5 Å². The van der Waals surface area contributed by atoms with Crippen molar-refractivity contribution in [3.63, 3.8) is 0 Å². The van der Waals surface area contributed by atoms with Crippen molar-refractivity contribution >= 4 is 17.4 Å². The maximum Gasteiger partial charge on any atom is 0.586 e. The first kappa shape index (κ1) is 24.7. The number of anilines is 2. The zero-order chi connectivity index (χ0) is 26.0. The molecule has 1 saturated heterocycles. The van der Waals surface area contributed by atoms with Gasteiger partial charge in [0.2, 0.25) is 5.88 Å². The number of aliphatic hydroxyl groups is 1. The number of aromatic nitrogens is 1. The molecule has 1 aromatic heterocycles. The standard InChI is InChI=1S/C26H25F2N3O6/c1-16-2-4-19(29-25(33)17-3-5-21-22(12-17)37-26(27,28)36-21)15-20(16)18-13-23(31-6-9-34-10-7-31)30-24(14-18)35-11-8-32/h2-5,12-15,32H,6-11H2,1H3,(H,29,33). The fraction of sp³-hybridized carbons (Fsp3) is 0.308. The lowest BCUT2D eigenvalue weighted by atomic mass is 10.00. The number of pyridine rings is 1. The summed E-state index contributed by atoms with van der Waals surface area (Å²) < 4.78 is 46.6. The SMILES string of the molecule is Cc1ccc(NC(=O)c2ccc3c(c2)OC(F)(F)O3)cc1-c1cc(OCCO)nc(N2CCOCC2)c1. The van der Waals surface area contributed by atoms with E-state index in [9.17, 15) is 18.7 Å². The van der Waals surface area contributed by atoms with Crippen LogP contribution in [0.15, 0.2) is 48.5 Å². The number of morpholine rings is 1. The molecular weight excluding hydrogens is 488 g/mol. The molecule has 0 atom stereocenters. The number of aliphatic hydroxyl groups excluding tert-OH is 1. The van der Waals surface area contributed by atoms with Gasteiger partial charge in [-0.05, 0) is 60.0 Å². The van der Waals surface area contributed by atoms with Crippen LogP contribution in [0.4, 0.5) is 20.3 Å². The molecule has 0 radical (unpaired) electrons. The van der Waals surface area contributed by atoms with E-state index in [1.165, 1.54) is 18.2 Å². The molecule has 3 aromatic rings. The highest BCUT2D eigenvalue weighted by atomic mass is 19.3. The third-order valence-corrected chi connectivity index (χ3v) is 5.93. The van der Waals surface area contributed by atoms with E-state index in [0.29, 0.717) is 37.9 Å². The predicted molar refractivity (Wildman–Crippen MR) is 131 cm³/mol. The van der Waals surface area contributed by atoms with Crippen molar-refractivity contribution in [1.29, 1.82) is 0 Å². The molecule has 9 nitrogen and oxygen atoms in total. The van der Waals surface area contributed by atoms with Gasteiger partial charge in [-0.3, -0.25) is 4.79 Å². The Hall–Kier alpha value is -3.96. The van der Waals surface area contributed by atoms with Crippen molar-refractivity contribution < 1.29 is 37.6 Å². The number of hydrogen-bond acceptors (Lipinski definition) is 8. The van der Waals surface area contributed by atoms with E-state index in [1.807, 2.05) is 25.1 Å². The average Bonchev–Trinajstić information content (AvgIpc) is 3.21. The van der Waals surface area contributed by atoms with Crippen LogP contribution >= 0.6 is 0 Å². The van der Waals surface area contributed by atoms with Crippen LogP contribution in [0, 0.1) is 6.92 Å². The van der Waals surface area contributed by atoms with E-state index in [4.69, 9.17) is 9.47 Å². The third kappa shape index (κ3) is 5.57. The summed E-state index contributed by atoms with van der Waals surface area (Å²) in [4.78, 5) is 19.6. The second-order valence-electron chi connectivity index (χ2n) is 8.54. The maximum absolute atomic E-state index is 13.3. The van der Waals surface area contributed by atoms with Crippen LogP contribution in [0.1, 0.15) is 15.9 Å². The fourth-order valence-electron chi connectivity index (χ4n) is 4.13. The Morgan fingerprint density at radius 1 is 1.11 bits per heavy atom. The maximum atomic E-state index is 13.3. The van der Waals surface area contributed by atoms with Crippen LogP contribution in [-0.2, 0) is 4.74 Å². The highest BCUT2D eigenvalue weighted by Gasteiger charge is 2.43. The molecule has 0 spiro atoms. The molecule has 2 aliphatic heterocycles. The van der Waals surface area contributed by atoms with Crippen molar-refractivity contribution in [2.75, 3.05) is 49.7 Å². The smallest absolute Gasteiger partial charge is 0.475 e. The van der Waals surface area contributed by atoms with Crippen molar-refractivity contribution in [1.82, 2.24) is 4.98 Å². The number of nitrogens with one attached hydrogen (secondary N) is 1. The first-order valence-electron chi connectivity index (χ1n) is 11.7. The number of aryl methyl sites for hydroxylation is 1. The molecule has 3 heterocycles. The zero-order valence-electron chi connectivity index (χ0n) is 20.0. The number of rotatable bonds is 7. The normalized spacial score (nSPS) is 15.9. The van der Waals surface area contributed by atoms with Crippen LogP contribution in [0.5, 0.6) is 17.4 Å². The summed E-state index contributed by atoms with van der Waals surface area (Å²) in [7, 11) is 0. The molecule has 0 aliphatic carbocycles. The van der Waals surface area contributed by atoms with E-state index in [-0.39, 0.29) is 30.3 Å². The topological polar surface area (TPSA) is 102 Å². The number of nitrogens with zero attached hydrogens (tertiary/aromatic N) is 2. The second-order valence-corrected chi connectivity index (χ2v) is 8.54. The average molecular weight is 513 g/mol. The molecule has 5 rings (SSSR count). The van der Waals surface area contributed by atoms with Gasteiger partial charge in [-0.25, -0.2) is 0 Å². The van der Waals surface area contributed by atoms with Crippen LogP contribution < -0.4 is 24.4 Å². The Morgan fingerprint density at radius 2 is 1.89 bits per heavy atom. The monoisotopic (exact) mass is 513 g/mol. The minimum absolute atomic E-state index is 0.107. The highest BCUT2D eigenvalue weighted by molar-refractivity contribution is 6.05. The Labute approximate surface area is 211 Å². The van der Waals surface area contributed by atoms with Gasteiger partial charge in [-0.15, -0.1) is 8.78 Å². The number of alkyl halides is 2. The zero-order valence-corrected chi connectivity index (χ0v) is 20.0. The quantitative estimate of drug-likeness (QED) is 0.492. The summed E-state index contributed by atoms with van der Waals surface area (Å²) in [5.41, 5.74) is 3.27. The lowest BCUT2D eigenvalue weighted by Gasteiger charge is -2.28. The van der Waals surface area contributed by atoms with Crippen LogP contribution in [-0.4, -0.2) is 61.8 Å². The van der Waals surface area contributed by atoms with Gasteiger partial charge in [0.05, 0.1) is 19.8 Å². The summed E-state index contributed by atoms with van der Waals surface area (Å²) in [6, 6.07) is 13.0. The van der Waals surface area contributed by atoms with Crippen molar-refractivity contribution in [2.24, 2.45) is 0 Å². The molecule has 1 amide bonds. The lowest BCUT2D eigenvalue weighted by molar-refractivity contribution is -0.286. The van der Waals surface area contributed by atoms with Gasteiger partial charge < -0.3 is 34.3 Å². The number of fused-ring (bicyclic) bond motifs is 1. The molecule has 0 saturated carbocycles. The summed E-state index contributed by atoms with van der Waals surface area (Å²) in [5.74, 6) is 0.267. The Balaban J connectivity index is 1.42. The molecule has 0 bridgehead atoms. The number of carbonyl (C=O) groups excluding carboxylic acids is 1. The lowest BCUT2D eigenvalue weighted by Crippen LogP contribution is -2.36. The van der Waals surface area contributed by atoms with E-state index in [1.54, 1.807) is 12.1 Å². The highest BCUT2D eigenvalue weighted by Crippen LogP contribution is 2.41. The van der Waals surface area contributed by atoms with Gasteiger partial charge in [-0.1, -0.05) is 6.07 Å². The summed E-state index contributed by atoms with van der Waals surface area (Å²) >= 11 is 0. The minimum Gasteiger partial charge on any atom is -0.475 e. The second kappa shape index (κ2) is 10.2. The molecule has 2 aromatic carbocycles. The number of amides is 1. The summed E-state index contributed by atoms with van der Waals surface area (Å²) in [6.07, 6.45) is -3.76. The van der Waals surface area contributed by atoms with Crippen molar-refractivity contribution in [2.45, 2.75) is 13.2 Å². The first-order valence-corrected chi connectivity index (χ1v) is 11.7. The molecule has 1 fully saturated rings. The molecule has 11 heteroatoms. The van der Waals surface area contributed by atoms with Crippen molar-refractivity contribution in [3.05, 3.63) is 59.7 Å². The van der Waals surface area contributed by atoms with Gasteiger partial charge in [0.25, 0.3) is 5.91 Å². The van der Waals surface area contributed by atoms with Gasteiger partial charge in [0.1, 0.15) is 12.4 Å². The Morgan fingerprint density at radius 3 is 2.68 bits per heavy atom. The van der Waals surface area contributed by atoms with E-state index in [2.05, 4.69) is 24.7 Å². The predicted octanol–water partition coefficient (Wildman–Crippen LogP) is 3.84. The van der Waals surface area contributed by atoms with Gasteiger partial charge in [0, 0.05) is 30.4 Å². The van der Waals surface area contributed by atoms with Crippen LogP contribution in [0.2, 0.25) is 0 Å². The molecule has 37 heavy (non-hydrogen) atoms. The number of ether oxygens (including phenoxy) is 4. The van der Waals surface area contributed by atoms with E-state index >= 15 is 0 Å². The third-order valence-electron chi connectivity index (χ3n) is 5.93. The number of benzene rings is 2. The molecule has 0 unspecified atom stereocenters. The number of halogens is 2. The molecular formula is C26H25F2N3O6. The first-order chi connectivity index (χ1) is 17.8. The Bertz CT molecular complexity index is 1310. The summed E-state index contributed by atoms with van der Waals surface area (Å²) in [5, 5.41) is 12.0.